The van der Waals surface area contributed by atoms with Gasteiger partial charge in [0.15, 0.2) is 5.16 Å². The van der Waals surface area contributed by atoms with Crippen LogP contribution < -0.4 is 5.56 Å². The van der Waals surface area contributed by atoms with Crippen LogP contribution in [-0.4, -0.2) is 15.3 Å². The smallest absolute Gasteiger partial charge is 0.272 e. The van der Waals surface area contributed by atoms with Gasteiger partial charge >= 0.3 is 0 Å². The maximum absolute atomic E-state index is 12.2. The van der Waals surface area contributed by atoms with Crippen LogP contribution in [0.15, 0.2) is 21.4 Å². The monoisotopic (exact) mass is 238 g/mol. The van der Waals surface area contributed by atoms with Crippen molar-refractivity contribution in [1.82, 2.24) is 9.55 Å². The standard InChI is InChI=1S/C10H10N2OS2/c1-2-6-5-15-10-11-7-3-4-14-8(7)9(13)12(6)10/h3-4,6H,2,5H2,1H3/t6-/m1/s1. The lowest BCUT2D eigenvalue weighted by atomic mass is 10.2. The minimum absolute atomic E-state index is 0.141. The molecule has 3 nitrogen and oxygen atoms in total. The molecule has 1 atom stereocenters. The van der Waals surface area contributed by atoms with Crippen molar-refractivity contribution in [2.45, 2.75) is 24.5 Å². The quantitative estimate of drug-likeness (QED) is 0.716. The number of fused-ring (bicyclic) bond motifs is 2. The van der Waals surface area contributed by atoms with Gasteiger partial charge in [0.2, 0.25) is 0 Å². The van der Waals surface area contributed by atoms with Gasteiger partial charge in [-0.25, -0.2) is 4.98 Å². The first-order valence-corrected chi connectivity index (χ1v) is 6.80. The Morgan fingerprint density at radius 2 is 2.53 bits per heavy atom. The molecular formula is C10H10N2OS2. The van der Waals surface area contributed by atoms with E-state index in [1.165, 1.54) is 11.3 Å². The van der Waals surface area contributed by atoms with Gasteiger partial charge in [-0.05, 0) is 17.9 Å². The fraction of sp³-hybridized carbons (Fsp3) is 0.400. The Morgan fingerprint density at radius 3 is 3.33 bits per heavy atom. The first kappa shape index (κ1) is 9.42. The number of thioether (sulfide) groups is 1. The third-order valence-corrected chi connectivity index (χ3v) is 4.71. The van der Waals surface area contributed by atoms with Crippen LogP contribution in [0.1, 0.15) is 19.4 Å². The highest BCUT2D eigenvalue weighted by molar-refractivity contribution is 7.99. The van der Waals surface area contributed by atoms with E-state index >= 15 is 0 Å². The van der Waals surface area contributed by atoms with E-state index in [0.717, 1.165) is 27.5 Å². The van der Waals surface area contributed by atoms with Crippen molar-refractivity contribution in [2.24, 2.45) is 0 Å². The van der Waals surface area contributed by atoms with Gasteiger partial charge in [0.05, 0.1) is 5.52 Å². The Bertz CT molecular complexity index is 572. The highest BCUT2D eigenvalue weighted by Crippen LogP contribution is 2.33. The van der Waals surface area contributed by atoms with Gasteiger partial charge in [0.25, 0.3) is 5.56 Å². The molecule has 0 radical (unpaired) electrons. The van der Waals surface area contributed by atoms with E-state index in [9.17, 15) is 4.79 Å². The van der Waals surface area contributed by atoms with Crippen LogP contribution in [0.2, 0.25) is 0 Å². The summed E-state index contributed by atoms with van der Waals surface area (Å²) in [5.74, 6) is 0.982. The second kappa shape index (κ2) is 3.35. The lowest BCUT2D eigenvalue weighted by Gasteiger charge is -2.09. The van der Waals surface area contributed by atoms with Crippen molar-refractivity contribution in [1.29, 1.82) is 0 Å². The van der Waals surface area contributed by atoms with E-state index in [2.05, 4.69) is 11.9 Å². The Kier molecular flexibility index (Phi) is 2.10. The molecule has 1 aliphatic heterocycles. The van der Waals surface area contributed by atoms with Crippen LogP contribution >= 0.6 is 23.1 Å². The summed E-state index contributed by atoms with van der Waals surface area (Å²) in [6.45, 7) is 2.12. The normalized spacial score (nSPS) is 19.7. The summed E-state index contributed by atoms with van der Waals surface area (Å²) in [5.41, 5.74) is 0.988. The van der Waals surface area contributed by atoms with Crippen molar-refractivity contribution >= 4 is 33.3 Å². The zero-order valence-corrected chi connectivity index (χ0v) is 9.90. The number of hydrogen-bond donors (Lipinski definition) is 0. The van der Waals surface area contributed by atoms with Crippen LogP contribution in [0, 0.1) is 0 Å². The summed E-state index contributed by atoms with van der Waals surface area (Å²) >= 11 is 3.18. The number of aromatic nitrogens is 2. The van der Waals surface area contributed by atoms with Gasteiger partial charge in [0.1, 0.15) is 4.70 Å². The average molecular weight is 238 g/mol. The zero-order valence-electron chi connectivity index (χ0n) is 8.27. The van der Waals surface area contributed by atoms with E-state index < -0.39 is 0 Å². The molecule has 0 amide bonds. The minimum atomic E-state index is 0.141. The van der Waals surface area contributed by atoms with Crippen molar-refractivity contribution in [2.75, 3.05) is 5.75 Å². The fourth-order valence-electron chi connectivity index (χ4n) is 1.87. The highest BCUT2D eigenvalue weighted by atomic mass is 32.2. The molecule has 0 aromatic carbocycles. The Balaban J connectivity index is 2.37. The number of rotatable bonds is 1. The molecule has 15 heavy (non-hydrogen) atoms. The molecule has 3 rings (SSSR count). The van der Waals surface area contributed by atoms with E-state index in [1.807, 2.05) is 16.0 Å². The van der Waals surface area contributed by atoms with Crippen LogP contribution in [0.5, 0.6) is 0 Å². The van der Waals surface area contributed by atoms with Gasteiger partial charge in [0, 0.05) is 11.8 Å². The molecule has 2 aromatic rings. The van der Waals surface area contributed by atoms with Gasteiger partial charge in [-0.3, -0.25) is 9.36 Å². The van der Waals surface area contributed by atoms with Crippen LogP contribution in [0.4, 0.5) is 0 Å². The molecular weight excluding hydrogens is 228 g/mol. The molecule has 0 unspecified atom stereocenters. The average Bonchev–Trinajstić information content (AvgIpc) is 2.83. The molecule has 5 heteroatoms. The van der Waals surface area contributed by atoms with Gasteiger partial charge in [-0.2, -0.15) is 0 Å². The number of hydrogen-bond acceptors (Lipinski definition) is 4. The third kappa shape index (κ3) is 1.26. The molecule has 0 saturated carbocycles. The van der Waals surface area contributed by atoms with E-state index in [0.29, 0.717) is 6.04 Å². The van der Waals surface area contributed by atoms with Gasteiger partial charge in [-0.15, -0.1) is 11.3 Å². The largest absolute Gasteiger partial charge is 0.282 e. The lowest BCUT2D eigenvalue weighted by Crippen LogP contribution is -2.23. The summed E-state index contributed by atoms with van der Waals surface area (Å²) in [7, 11) is 0. The zero-order chi connectivity index (χ0) is 10.4. The first-order chi connectivity index (χ1) is 7.31. The molecule has 3 heterocycles. The fourth-order valence-corrected chi connectivity index (χ4v) is 3.90. The SMILES string of the molecule is CC[C@@H]1CSc2nc3ccsc3c(=O)n21. The van der Waals surface area contributed by atoms with Crippen LogP contribution in [0.3, 0.4) is 0 Å². The summed E-state index contributed by atoms with van der Waals surface area (Å²) < 4.78 is 2.66. The summed E-state index contributed by atoms with van der Waals surface area (Å²) in [6, 6.07) is 2.25. The molecule has 2 aromatic heterocycles. The minimum Gasteiger partial charge on any atom is -0.282 e. The topological polar surface area (TPSA) is 34.9 Å². The maximum Gasteiger partial charge on any atom is 0.272 e. The van der Waals surface area contributed by atoms with Crippen LogP contribution in [-0.2, 0) is 0 Å². The van der Waals surface area contributed by atoms with Gasteiger partial charge < -0.3 is 0 Å². The number of thiophene rings is 1. The molecule has 0 bridgehead atoms. The first-order valence-electron chi connectivity index (χ1n) is 4.93. The number of nitrogens with zero attached hydrogens (tertiary/aromatic N) is 2. The molecule has 1 aliphatic rings. The second-order valence-electron chi connectivity index (χ2n) is 3.58. The predicted octanol–water partition coefficient (Wildman–Crippen LogP) is 2.51. The van der Waals surface area contributed by atoms with Crippen LogP contribution in [0.25, 0.3) is 10.2 Å². The molecule has 0 fully saturated rings. The van der Waals surface area contributed by atoms with Crippen molar-refractivity contribution in [3.05, 3.63) is 21.8 Å². The molecule has 0 saturated heterocycles. The molecule has 0 aliphatic carbocycles. The third-order valence-electron chi connectivity index (χ3n) is 2.72. The Hall–Kier alpha value is -0.810. The second-order valence-corrected chi connectivity index (χ2v) is 5.48. The van der Waals surface area contributed by atoms with Crippen molar-refractivity contribution < 1.29 is 0 Å². The van der Waals surface area contributed by atoms with E-state index in [4.69, 9.17) is 0 Å². The summed E-state index contributed by atoms with van der Waals surface area (Å²) in [4.78, 5) is 16.7. The predicted molar refractivity (Wildman–Crippen MR) is 63.9 cm³/mol. The molecule has 0 spiro atoms. The summed E-state index contributed by atoms with van der Waals surface area (Å²) in [5, 5.41) is 2.82. The Labute approximate surface area is 95.1 Å². The summed E-state index contributed by atoms with van der Waals surface area (Å²) in [6.07, 6.45) is 0.998. The van der Waals surface area contributed by atoms with Gasteiger partial charge in [-0.1, -0.05) is 18.7 Å². The maximum atomic E-state index is 12.2. The highest BCUT2D eigenvalue weighted by Gasteiger charge is 2.25. The van der Waals surface area contributed by atoms with E-state index in [-0.39, 0.29) is 5.56 Å². The van der Waals surface area contributed by atoms with Crippen molar-refractivity contribution in [3.8, 4) is 0 Å². The van der Waals surface area contributed by atoms with E-state index in [1.54, 1.807) is 11.8 Å². The molecule has 0 N–H and O–H groups in total. The lowest BCUT2D eigenvalue weighted by molar-refractivity contribution is 0.497. The Morgan fingerprint density at radius 1 is 1.67 bits per heavy atom. The molecule has 78 valence electrons. The van der Waals surface area contributed by atoms with Crippen molar-refractivity contribution in [3.63, 3.8) is 0 Å².